The van der Waals surface area contributed by atoms with Gasteiger partial charge in [0.1, 0.15) is 5.75 Å². The van der Waals surface area contributed by atoms with Crippen molar-refractivity contribution in [2.24, 2.45) is 5.92 Å². The standard InChI is InChI=1S/C16H28BNO3/c1-5-13(6-2)11-18(7-3)12-14-8-9-16(21-4)15(10-14)17(19)20/h8-10,13,19-20H,5-7,11-12H2,1-4H3. The van der Waals surface area contributed by atoms with Crippen LogP contribution in [0, 0.1) is 5.92 Å². The Morgan fingerprint density at radius 3 is 2.33 bits per heavy atom. The number of ether oxygens (including phenoxy) is 1. The van der Waals surface area contributed by atoms with Gasteiger partial charge >= 0.3 is 7.12 Å². The van der Waals surface area contributed by atoms with Gasteiger partial charge < -0.3 is 14.8 Å². The summed E-state index contributed by atoms with van der Waals surface area (Å²) in [5.41, 5.74) is 1.50. The summed E-state index contributed by atoms with van der Waals surface area (Å²) < 4.78 is 5.16. The Hall–Kier alpha value is -1.04. The van der Waals surface area contributed by atoms with E-state index >= 15 is 0 Å². The Morgan fingerprint density at radius 2 is 1.86 bits per heavy atom. The number of benzene rings is 1. The Kier molecular flexibility index (Phi) is 7.79. The molecule has 5 heteroatoms. The van der Waals surface area contributed by atoms with Gasteiger partial charge in [-0.2, -0.15) is 0 Å². The van der Waals surface area contributed by atoms with Crippen molar-refractivity contribution in [3.63, 3.8) is 0 Å². The van der Waals surface area contributed by atoms with Gasteiger partial charge in [-0.1, -0.05) is 45.7 Å². The van der Waals surface area contributed by atoms with Crippen molar-refractivity contribution in [3.8, 4) is 5.75 Å². The van der Waals surface area contributed by atoms with E-state index in [1.54, 1.807) is 6.07 Å². The molecule has 0 atom stereocenters. The minimum absolute atomic E-state index is 0.425. The minimum Gasteiger partial charge on any atom is -0.497 e. The molecule has 0 unspecified atom stereocenters. The fourth-order valence-electron chi connectivity index (χ4n) is 2.56. The van der Waals surface area contributed by atoms with Crippen LogP contribution < -0.4 is 10.2 Å². The minimum atomic E-state index is -1.51. The summed E-state index contributed by atoms with van der Waals surface area (Å²) in [4.78, 5) is 2.40. The highest BCUT2D eigenvalue weighted by atomic mass is 16.5. The number of rotatable bonds is 9. The summed E-state index contributed by atoms with van der Waals surface area (Å²) in [6.07, 6.45) is 2.38. The summed E-state index contributed by atoms with van der Waals surface area (Å²) in [6, 6.07) is 5.61. The monoisotopic (exact) mass is 293 g/mol. The smallest absolute Gasteiger partial charge is 0.492 e. The van der Waals surface area contributed by atoms with Crippen molar-refractivity contribution in [3.05, 3.63) is 23.8 Å². The summed E-state index contributed by atoms with van der Waals surface area (Å²) in [7, 11) is 0.0285. The molecule has 1 aromatic carbocycles. The molecule has 4 nitrogen and oxygen atoms in total. The predicted octanol–water partition coefficient (Wildman–Crippen LogP) is 1.63. The van der Waals surface area contributed by atoms with Crippen LogP contribution in [-0.4, -0.2) is 42.3 Å². The molecule has 21 heavy (non-hydrogen) atoms. The van der Waals surface area contributed by atoms with Crippen molar-refractivity contribution in [1.29, 1.82) is 0 Å². The maximum atomic E-state index is 9.43. The Morgan fingerprint density at radius 1 is 1.19 bits per heavy atom. The van der Waals surface area contributed by atoms with Gasteiger partial charge in [-0.15, -0.1) is 0 Å². The van der Waals surface area contributed by atoms with Crippen molar-refractivity contribution < 1.29 is 14.8 Å². The number of hydrogen-bond acceptors (Lipinski definition) is 4. The van der Waals surface area contributed by atoms with E-state index < -0.39 is 7.12 Å². The quantitative estimate of drug-likeness (QED) is 0.680. The molecule has 0 bridgehead atoms. The lowest BCUT2D eigenvalue weighted by atomic mass is 9.78. The summed E-state index contributed by atoms with van der Waals surface area (Å²) in [5.74, 6) is 1.22. The lowest BCUT2D eigenvalue weighted by Crippen LogP contribution is -2.33. The average molecular weight is 293 g/mol. The molecule has 0 fully saturated rings. The molecule has 1 rings (SSSR count). The first-order valence-corrected chi connectivity index (χ1v) is 7.80. The van der Waals surface area contributed by atoms with Crippen LogP contribution in [0.5, 0.6) is 5.75 Å². The van der Waals surface area contributed by atoms with Gasteiger partial charge in [0, 0.05) is 18.6 Å². The van der Waals surface area contributed by atoms with E-state index in [4.69, 9.17) is 4.74 Å². The molecule has 0 radical (unpaired) electrons. The van der Waals surface area contributed by atoms with E-state index in [-0.39, 0.29) is 0 Å². The zero-order chi connectivity index (χ0) is 15.8. The van der Waals surface area contributed by atoms with E-state index in [1.165, 1.54) is 20.0 Å². The number of methoxy groups -OCH3 is 1. The molecule has 0 aliphatic rings. The second-order valence-electron chi connectivity index (χ2n) is 5.46. The molecular weight excluding hydrogens is 265 g/mol. The second kappa shape index (κ2) is 9.08. The predicted molar refractivity (Wildman–Crippen MR) is 87.8 cm³/mol. The molecule has 0 heterocycles. The molecule has 0 aromatic heterocycles. The first kappa shape index (κ1) is 18.0. The Labute approximate surface area is 128 Å². The largest absolute Gasteiger partial charge is 0.497 e. The van der Waals surface area contributed by atoms with Crippen LogP contribution in [0.2, 0.25) is 0 Å². The van der Waals surface area contributed by atoms with Crippen molar-refractivity contribution in [1.82, 2.24) is 4.90 Å². The fraction of sp³-hybridized carbons (Fsp3) is 0.625. The maximum Gasteiger partial charge on any atom is 0.492 e. The first-order chi connectivity index (χ1) is 10.0. The second-order valence-corrected chi connectivity index (χ2v) is 5.46. The molecule has 0 aliphatic carbocycles. The van der Waals surface area contributed by atoms with Crippen LogP contribution >= 0.6 is 0 Å². The van der Waals surface area contributed by atoms with E-state index in [0.717, 1.165) is 25.2 Å². The third-order valence-electron chi connectivity index (χ3n) is 4.10. The highest BCUT2D eigenvalue weighted by Gasteiger charge is 2.18. The average Bonchev–Trinajstić information content (AvgIpc) is 2.51. The maximum absolute atomic E-state index is 9.43. The molecule has 118 valence electrons. The number of nitrogens with zero attached hydrogens (tertiary/aromatic N) is 1. The first-order valence-electron chi connectivity index (χ1n) is 7.80. The van der Waals surface area contributed by atoms with Crippen LogP contribution in [0.25, 0.3) is 0 Å². The molecule has 1 aromatic rings. The fourth-order valence-corrected chi connectivity index (χ4v) is 2.56. The SMILES string of the molecule is CCC(CC)CN(CC)Cc1ccc(OC)c(B(O)O)c1. The van der Waals surface area contributed by atoms with Gasteiger partial charge in [-0.3, -0.25) is 4.90 Å². The molecule has 2 N–H and O–H groups in total. The summed E-state index contributed by atoms with van der Waals surface area (Å²) in [6.45, 7) is 9.50. The molecule has 0 amide bonds. The number of hydrogen-bond donors (Lipinski definition) is 2. The lowest BCUT2D eigenvalue weighted by Gasteiger charge is -2.25. The molecular formula is C16H28BNO3. The summed E-state index contributed by atoms with van der Waals surface area (Å²) in [5, 5.41) is 18.9. The van der Waals surface area contributed by atoms with Gasteiger partial charge in [-0.05, 0) is 24.1 Å². The zero-order valence-corrected chi connectivity index (χ0v) is 13.7. The van der Waals surface area contributed by atoms with Crippen LogP contribution in [0.15, 0.2) is 18.2 Å². The van der Waals surface area contributed by atoms with E-state index in [9.17, 15) is 10.0 Å². The normalized spacial score (nSPS) is 11.2. The highest BCUT2D eigenvalue weighted by Crippen LogP contribution is 2.15. The third-order valence-corrected chi connectivity index (χ3v) is 4.10. The van der Waals surface area contributed by atoms with E-state index in [0.29, 0.717) is 17.1 Å². The van der Waals surface area contributed by atoms with Gasteiger partial charge in [-0.25, -0.2) is 0 Å². The van der Waals surface area contributed by atoms with Gasteiger partial charge in [0.25, 0.3) is 0 Å². The van der Waals surface area contributed by atoms with Gasteiger partial charge in [0.15, 0.2) is 0 Å². The van der Waals surface area contributed by atoms with E-state index in [2.05, 4.69) is 25.7 Å². The van der Waals surface area contributed by atoms with Crippen LogP contribution in [0.1, 0.15) is 39.2 Å². The Bertz CT molecular complexity index is 422. The molecule has 0 saturated carbocycles. The van der Waals surface area contributed by atoms with Crippen LogP contribution in [-0.2, 0) is 6.54 Å². The highest BCUT2D eigenvalue weighted by molar-refractivity contribution is 6.59. The van der Waals surface area contributed by atoms with E-state index in [1.807, 2.05) is 12.1 Å². The Balaban J connectivity index is 2.82. The molecule has 0 aliphatic heterocycles. The van der Waals surface area contributed by atoms with Crippen LogP contribution in [0.3, 0.4) is 0 Å². The summed E-state index contributed by atoms with van der Waals surface area (Å²) >= 11 is 0. The topological polar surface area (TPSA) is 52.9 Å². The van der Waals surface area contributed by atoms with Crippen LogP contribution in [0.4, 0.5) is 0 Å². The van der Waals surface area contributed by atoms with Gasteiger partial charge in [0.2, 0.25) is 0 Å². The molecule has 0 saturated heterocycles. The van der Waals surface area contributed by atoms with Crippen molar-refractivity contribution >= 4 is 12.6 Å². The molecule has 0 spiro atoms. The van der Waals surface area contributed by atoms with Crippen molar-refractivity contribution in [2.75, 3.05) is 20.2 Å². The lowest BCUT2D eigenvalue weighted by molar-refractivity contribution is 0.226. The van der Waals surface area contributed by atoms with Crippen molar-refractivity contribution in [2.45, 2.75) is 40.2 Å². The van der Waals surface area contributed by atoms with Gasteiger partial charge in [0.05, 0.1) is 7.11 Å². The third kappa shape index (κ3) is 5.34. The zero-order valence-electron chi connectivity index (χ0n) is 13.7.